The third-order valence-corrected chi connectivity index (χ3v) is 3.82. The summed E-state index contributed by atoms with van der Waals surface area (Å²) in [7, 11) is 3.62. The molecule has 1 heterocycles. The predicted molar refractivity (Wildman–Crippen MR) is 102 cm³/mol. The Balaban J connectivity index is 2.49. The summed E-state index contributed by atoms with van der Waals surface area (Å²) in [5.74, 6) is -0.913. The highest BCUT2D eigenvalue weighted by Crippen LogP contribution is 2.34. The molecule has 9 heteroatoms. The zero-order chi connectivity index (χ0) is 20.0. The van der Waals surface area contributed by atoms with E-state index < -0.39 is 5.97 Å². The molecule has 138 valence electrons. The maximum Gasteiger partial charge on any atom is 0.416 e. The number of rotatable bonds is 7. The van der Waals surface area contributed by atoms with Crippen molar-refractivity contribution in [3.8, 4) is 0 Å². The number of hydrogen-bond donors (Lipinski definition) is 1. The van der Waals surface area contributed by atoms with Crippen molar-refractivity contribution in [2.75, 3.05) is 19.0 Å². The van der Waals surface area contributed by atoms with Gasteiger partial charge in [-0.05, 0) is 24.6 Å². The van der Waals surface area contributed by atoms with E-state index >= 15 is 0 Å². The Kier molecular flexibility index (Phi) is 6.23. The molecule has 0 atom stereocenters. The van der Waals surface area contributed by atoms with Crippen LogP contribution in [0.2, 0.25) is 0 Å². The highest BCUT2D eigenvalue weighted by molar-refractivity contribution is 5.94. The second-order valence-corrected chi connectivity index (χ2v) is 5.89. The van der Waals surface area contributed by atoms with Crippen LogP contribution in [0.25, 0.3) is 9.69 Å². The number of aromatic nitrogens is 2. The molecule has 0 bridgehead atoms. The molecular weight excluding hydrogens is 346 g/mol. The molecule has 0 saturated carbocycles. The Hall–Kier alpha value is -3.72. The second kappa shape index (κ2) is 8.59. The van der Waals surface area contributed by atoms with Gasteiger partial charge < -0.3 is 19.7 Å². The maximum atomic E-state index is 11.5. The van der Waals surface area contributed by atoms with Crippen molar-refractivity contribution < 1.29 is 9.90 Å². The molecule has 0 fully saturated rings. The Morgan fingerprint density at radius 2 is 2.04 bits per heavy atom. The molecule has 1 aromatic carbocycles. The lowest BCUT2D eigenvalue weighted by Gasteiger charge is -2.13. The summed E-state index contributed by atoms with van der Waals surface area (Å²) in [6.45, 7) is 17.0. The molecule has 27 heavy (non-hydrogen) atoms. The molecule has 0 unspecified atom stereocenters. The van der Waals surface area contributed by atoms with Crippen molar-refractivity contribution in [2.45, 2.75) is 26.3 Å². The quantitative estimate of drug-likeness (QED) is 0.554. The van der Waals surface area contributed by atoms with E-state index in [-0.39, 0.29) is 28.8 Å². The van der Waals surface area contributed by atoms with Gasteiger partial charge in [0.15, 0.2) is 0 Å². The van der Waals surface area contributed by atoms with Crippen LogP contribution in [0.15, 0.2) is 28.4 Å². The minimum Gasteiger partial charge on any atom is -0.478 e. The van der Waals surface area contributed by atoms with Gasteiger partial charge >= 0.3 is 11.9 Å². The Morgan fingerprint density at radius 3 is 2.59 bits per heavy atom. The van der Waals surface area contributed by atoms with E-state index in [1.54, 1.807) is 21.6 Å². The summed E-state index contributed by atoms with van der Waals surface area (Å²) in [4.78, 5) is 24.0. The first-order valence-corrected chi connectivity index (χ1v) is 8.24. The Labute approximate surface area is 157 Å². The average molecular weight is 365 g/mol. The molecule has 0 aliphatic carbocycles. The molecule has 0 amide bonds. The van der Waals surface area contributed by atoms with Crippen molar-refractivity contribution in [3.63, 3.8) is 0 Å². The van der Waals surface area contributed by atoms with Crippen molar-refractivity contribution in [3.05, 3.63) is 46.6 Å². The van der Waals surface area contributed by atoms with Gasteiger partial charge in [-0.25, -0.2) is 9.36 Å². The first-order chi connectivity index (χ1) is 12.9. The standard InChI is InChI=1S/C18H19N7O2/c1-6-7-10-25-16(20-3)15(19-2)21-18(25)23-22-14-9-8-12(24(4)5)11-13(14)17(26)27/h8-9,11H,6-7,10H2,1,4-5H3,(H,26,27). The van der Waals surface area contributed by atoms with Gasteiger partial charge in [0.1, 0.15) is 5.69 Å². The Bertz CT molecular complexity index is 961. The molecule has 0 radical (unpaired) electrons. The zero-order valence-electron chi connectivity index (χ0n) is 15.3. The number of aromatic carboxylic acids is 1. The number of benzene rings is 1. The van der Waals surface area contributed by atoms with Crippen LogP contribution in [0.4, 0.5) is 29.0 Å². The number of carbonyl (C=O) groups is 1. The summed E-state index contributed by atoms with van der Waals surface area (Å²) in [5, 5.41) is 17.5. The molecule has 0 spiro atoms. The highest BCUT2D eigenvalue weighted by Gasteiger charge is 2.22. The van der Waals surface area contributed by atoms with Gasteiger partial charge in [-0.15, -0.1) is 5.11 Å². The van der Waals surface area contributed by atoms with Crippen LogP contribution in [-0.2, 0) is 6.54 Å². The lowest BCUT2D eigenvalue weighted by Crippen LogP contribution is -2.09. The van der Waals surface area contributed by atoms with Gasteiger partial charge in [-0.3, -0.25) is 0 Å². The first-order valence-electron chi connectivity index (χ1n) is 8.24. The van der Waals surface area contributed by atoms with E-state index in [9.17, 15) is 9.90 Å². The van der Waals surface area contributed by atoms with E-state index in [1.165, 1.54) is 6.07 Å². The average Bonchev–Trinajstić information content (AvgIpc) is 3.00. The molecule has 0 aliphatic rings. The van der Waals surface area contributed by atoms with E-state index in [1.807, 2.05) is 21.0 Å². The van der Waals surface area contributed by atoms with Crippen molar-refractivity contribution in [1.29, 1.82) is 0 Å². The minimum absolute atomic E-state index is 0.00687. The Morgan fingerprint density at radius 1 is 1.30 bits per heavy atom. The third kappa shape index (κ3) is 4.28. The van der Waals surface area contributed by atoms with Crippen LogP contribution >= 0.6 is 0 Å². The molecule has 1 aromatic heterocycles. The lowest BCUT2D eigenvalue weighted by molar-refractivity contribution is 0.0698. The monoisotopic (exact) mass is 365 g/mol. The van der Waals surface area contributed by atoms with E-state index in [2.05, 4.69) is 24.9 Å². The number of hydrogen-bond acceptors (Lipinski definition) is 5. The van der Waals surface area contributed by atoms with Gasteiger partial charge in [-0.1, -0.05) is 36.6 Å². The van der Waals surface area contributed by atoms with Gasteiger partial charge in [-0.2, -0.15) is 0 Å². The van der Waals surface area contributed by atoms with Crippen molar-refractivity contribution in [2.24, 2.45) is 10.2 Å². The molecule has 2 aromatic rings. The van der Waals surface area contributed by atoms with Gasteiger partial charge in [0.05, 0.1) is 12.1 Å². The lowest BCUT2D eigenvalue weighted by atomic mass is 10.1. The van der Waals surface area contributed by atoms with Crippen LogP contribution in [-0.4, -0.2) is 34.7 Å². The number of unbranched alkanes of at least 4 members (excludes halogenated alkanes) is 1. The summed E-state index contributed by atoms with van der Waals surface area (Å²) < 4.78 is 1.54. The number of carboxylic acids is 1. The zero-order valence-corrected chi connectivity index (χ0v) is 15.3. The summed E-state index contributed by atoms with van der Waals surface area (Å²) in [6, 6.07) is 4.81. The second-order valence-electron chi connectivity index (χ2n) is 5.89. The molecule has 1 N–H and O–H groups in total. The fourth-order valence-corrected chi connectivity index (χ4v) is 2.36. The minimum atomic E-state index is -1.12. The molecule has 0 saturated heterocycles. The predicted octanol–water partition coefficient (Wildman–Crippen LogP) is 4.96. The van der Waals surface area contributed by atoms with Crippen molar-refractivity contribution >= 4 is 34.9 Å². The van der Waals surface area contributed by atoms with Gasteiger partial charge in [0.25, 0.3) is 11.6 Å². The molecular formula is C18H19N7O2. The van der Waals surface area contributed by atoms with Crippen LogP contribution in [0, 0.1) is 13.1 Å². The van der Waals surface area contributed by atoms with E-state index in [4.69, 9.17) is 13.1 Å². The van der Waals surface area contributed by atoms with E-state index in [0.29, 0.717) is 6.54 Å². The number of azo groups is 1. The smallest absolute Gasteiger partial charge is 0.416 e. The van der Waals surface area contributed by atoms with Crippen LogP contribution < -0.4 is 4.90 Å². The molecule has 0 aliphatic heterocycles. The van der Waals surface area contributed by atoms with Gasteiger partial charge in [0.2, 0.25) is 0 Å². The van der Waals surface area contributed by atoms with Crippen LogP contribution in [0.5, 0.6) is 0 Å². The normalized spacial score (nSPS) is 10.6. The number of imidazole rings is 1. The highest BCUT2D eigenvalue weighted by atomic mass is 16.4. The van der Waals surface area contributed by atoms with Crippen molar-refractivity contribution in [1.82, 2.24) is 9.55 Å². The summed E-state index contributed by atoms with van der Waals surface area (Å²) in [5.41, 5.74) is 0.903. The molecule has 2 rings (SSSR count). The number of carboxylic acid groups (broad SMARTS) is 1. The number of anilines is 1. The van der Waals surface area contributed by atoms with Crippen LogP contribution in [0.3, 0.4) is 0 Å². The summed E-state index contributed by atoms with van der Waals surface area (Å²) >= 11 is 0. The topological polar surface area (TPSA) is 91.8 Å². The maximum absolute atomic E-state index is 11.5. The molecule has 9 nitrogen and oxygen atoms in total. The first kappa shape index (κ1) is 19.6. The summed E-state index contributed by atoms with van der Waals surface area (Å²) in [6.07, 6.45) is 1.69. The largest absolute Gasteiger partial charge is 0.478 e. The SMILES string of the molecule is [C-]#[N+]c1nc(N=Nc2ccc(N(C)C)cc2C(=O)O)n(CCCC)c1[N+]#[C-]. The number of nitrogens with zero attached hydrogens (tertiary/aromatic N) is 7. The van der Waals surface area contributed by atoms with Crippen LogP contribution in [0.1, 0.15) is 30.1 Å². The fraction of sp³-hybridized carbons (Fsp3) is 0.333. The van der Waals surface area contributed by atoms with Gasteiger partial charge in [0, 0.05) is 19.8 Å². The van der Waals surface area contributed by atoms with E-state index in [0.717, 1.165) is 18.5 Å². The fourth-order valence-electron chi connectivity index (χ4n) is 2.36. The third-order valence-electron chi connectivity index (χ3n) is 3.82.